The molecule has 8 nitrogen and oxygen atoms in total. The summed E-state index contributed by atoms with van der Waals surface area (Å²) in [6.07, 6.45) is -3.13. The Morgan fingerprint density at radius 1 is 1.15 bits per heavy atom. The number of hydrogen-bond acceptors (Lipinski definition) is 5. The van der Waals surface area contributed by atoms with Gasteiger partial charge in [-0.2, -0.15) is 13.2 Å². The lowest BCUT2D eigenvalue weighted by Crippen LogP contribution is -2.32. The number of aryl methyl sites for hydroxylation is 1. The van der Waals surface area contributed by atoms with Gasteiger partial charge in [-0.3, -0.25) is 9.10 Å². The number of benzene rings is 2. The molecule has 3 aromatic rings. The normalized spacial score (nSPS) is 15.4. The summed E-state index contributed by atoms with van der Waals surface area (Å²) in [7, 11) is -2.51. The van der Waals surface area contributed by atoms with Crippen molar-refractivity contribution in [3.05, 3.63) is 65.7 Å². The average molecular weight is 480 g/mol. The van der Waals surface area contributed by atoms with Gasteiger partial charge in [0.15, 0.2) is 0 Å². The topological polar surface area (TPSA) is 93.5 Å². The van der Waals surface area contributed by atoms with E-state index in [1.165, 1.54) is 24.4 Å². The van der Waals surface area contributed by atoms with Crippen molar-refractivity contribution in [2.24, 2.45) is 7.05 Å². The third-order valence-electron chi connectivity index (χ3n) is 5.26. The SMILES string of the molecule is Cc1ncc(C(=O)Nc2ccc3c(c2)S(=O)(=O)N(c2ccc(C(F)(F)F)cc2)CCO3)n1C. The van der Waals surface area contributed by atoms with E-state index in [0.29, 0.717) is 5.82 Å². The number of aromatic nitrogens is 2. The minimum absolute atomic E-state index is 0.00669. The Morgan fingerprint density at radius 3 is 2.45 bits per heavy atom. The van der Waals surface area contributed by atoms with Crippen molar-refractivity contribution in [3.8, 4) is 5.75 Å². The molecule has 1 aromatic heterocycles. The van der Waals surface area contributed by atoms with Crippen molar-refractivity contribution < 1.29 is 31.1 Å². The molecule has 1 N–H and O–H groups in total. The van der Waals surface area contributed by atoms with Crippen LogP contribution >= 0.6 is 0 Å². The van der Waals surface area contributed by atoms with Gasteiger partial charge in [0.25, 0.3) is 15.9 Å². The molecule has 0 bridgehead atoms. The van der Waals surface area contributed by atoms with Gasteiger partial charge in [0.2, 0.25) is 0 Å². The molecule has 0 radical (unpaired) electrons. The van der Waals surface area contributed by atoms with Crippen LogP contribution in [0.25, 0.3) is 0 Å². The number of imidazole rings is 1. The molecule has 174 valence electrons. The first-order chi connectivity index (χ1) is 15.5. The maximum atomic E-state index is 13.4. The zero-order valence-corrected chi connectivity index (χ0v) is 18.4. The number of alkyl halides is 3. The Morgan fingerprint density at radius 2 is 1.85 bits per heavy atom. The monoisotopic (exact) mass is 480 g/mol. The largest absolute Gasteiger partial charge is 0.490 e. The van der Waals surface area contributed by atoms with Gasteiger partial charge in [-0.05, 0) is 49.4 Å². The van der Waals surface area contributed by atoms with Gasteiger partial charge in [-0.25, -0.2) is 13.4 Å². The maximum Gasteiger partial charge on any atom is 0.416 e. The molecule has 2 heterocycles. The number of hydrogen-bond donors (Lipinski definition) is 1. The first-order valence-corrected chi connectivity index (χ1v) is 11.2. The second-order valence-electron chi connectivity index (χ2n) is 7.34. The van der Waals surface area contributed by atoms with E-state index in [0.717, 1.165) is 28.6 Å². The van der Waals surface area contributed by atoms with Crippen LogP contribution in [0.3, 0.4) is 0 Å². The molecule has 0 spiro atoms. The molecule has 1 aliphatic heterocycles. The van der Waals surface area contributed by atoms with Crippen molar-refractivity contribution in [1.29, 1.82) is 0 Å². The highest BCUT2D eigenvalue weighted by molar-refractivity contribution is 7.93. The van der Waals surface area contributed by atoms with Gasteiger partial charge in [-0.1, -0.05) is 0 Å². The van der Waals surface area contributed by atoms with Crippen molar-refractivity contribution in [2.45, 2.75) is 18.0 Å². The van der Waals surface area contributed by atoms with E-state index < -0.39 is 27.7 Å². The fourth-order valence-corrected chi connectivity index (χ4v) is 4.99. The molecular weight excluding hydrogens is 461 g/mol. The molecule has 0 unspecified atom stereocenters. The minimum Gasteiger partial charge on any atom is -0.490 e. The molecule has 0 aliphatic carbocycles. The lowest BCUT2D eigenvalue weighted by atomic mass is 10.2. The van der Waals surface area contributed by atoms with Crippen LogP contribution in [0.15, 0.2) is 53.6 Å². The van der Waals surface area contributed by atoms with Crippen molar-refractivity contribution in [1.82, 2.24) is 9.55 Å². The lowest BCUT2D eigenvalue weighted by Gasteiger charge is -2.22. The number of anilines is 2. The number of amides is 1. The molecule has 1 aliphatic rings. The molecule has 1 amide bonds. The Hall–Kier alpha value is -3.54. The molecule has 0 fully saturated rings. The van der Waals surface area contributed by atoms with E-state index in [1.807, 2.05) is 0 Å². The van der Waals surface area contributed by atoms with Gasteiger partial charge in [0, 0.05) is 12.7 Å². The van der Waals surface area contributed by atoms with Gasteiger partial charge in [0.05, 0.1) is 24.0 Å². The van der Waals surface area contributed by atoms with Crippen LogP contribution in [0.4, 0.5) is 24.5 Å². The predicted molar refractivity (Wildman–Crippen MR) is 114 cm³/mol. The molecular formula is C21H19F3N4O4S. The summed E-state index contributed by atoms with van der Waals surface area (Å²) in [5, 5.41) is 2.64. The molecule has 33 heavy (non-hydrogen) atoms. The van der Waals surface area contributed by atoms with Crippen LogP contribution < -0.4 is 14.4 Å². The number of nitrogens with zero attached hydrogens (tertiary/aromatic N) is 3. The summed E-state index contributed by atoms with van der Waals surface area (Å²) >= 11 is 0. The van der Waals surface area contributed by atoms with E-state index in [-0.39, 0.29) is 40.9 Å². The molecule has 2 aromatic carbocycles. The third-order valence-corrected chi connectivity index (χ3v) is 7.11. The summed E-state index contributed by atoms with van der Waals surface area (Å²) in [4.78, 5) is 16.4. The summed E-state index contributed by atoms with van der Waals surface area (Å²) in [5.41, 5.74) is -0.322. The standard InChI is InChI=1S/C21H19F3N4O4S/c1-13-25-12-17(27(13)2)20(29)26-15-5-8-18-19(11-15)33(30,31)28(9-10-32-18)16-6-3-14(4-7-16)21(22,23)24/h3-8,11-12H,9-10H2,1-2H3,(H,26,29). The van der Waals surface area contributed by atoms with Crippen LogP contribution in [0.1, 0.15) is 21.9 Å². The van der Waals surface area contributed by atoms with Crippen LogP contribution in [0, 0.1) is 6.92 Å². The van der Waals surface area contributed by atoms with Gasteiger partial charge in [0.1, 0.15) is 28.8 Å². The second-order valence-corrected chi connectivity index (χ2v) is 9.17. The molecule has 0 atom stereocenters. The van der Waals surface area contributed by atoms with Crippen molar-refractivity contribution in [2.75, 3.05) is 22.8 Å². The Balaban J connectivity index is 1.67. The van der Waals surface area contributed by atoms with E-state index in [4.69, 9.17) is 4.74 Å². The Labute approximate surface area is 187 Å². The molecule has 4 rings (SSSR count). The minimum atomic E-state index is -4.54. The third kappa shape index (κ3) is 4.25. The fourth-order valence-electron chi connectivity index (χ4n) is 3.38. The van der Waals surface area contributed by atoms with Crippen LogP contribution in [0.2, 0.25) is 0 Å². The highest BCUT2D eigenvalue weighted by Crippen LogP contribution is 2.36. The van der Waals surface area contributed by atoms with E-state index >= 15 is 0 Å². The summed E-state index contributed by atoms with van der Waals surface area (Å²) in [6.45, 7) is 1.63. The molecule has 0 saturated heterocycles. The number of halogens is 3. The highest BCUT2D eigenvalue weighted by atomic mass is 32.2. The number of nitrogens with one attached hydrogen (secondary N) is 1. The first kappa shape index (κ1) is 22.6. The van der Waals surface area contributed by atoms with E-state index in [2.05, 4.69) is 10.3 Å². The zero-order valence-electron chi connectivity index (χ0n) is 17.5. The van der Waals surface area contributed by atoms with E-state index in [1.54, 1.807) is 18.5 Å². The first-order valence-electron chi connectivity index (χ1n) is 9.75. The number of sulfonamides is 1. The highest BCUT2D eigenvalue weighted by Gasteiger charge is 2.34. The number of fused-ring (bicyclic) bond motifs is 1. The number of carbonyl (C=O) groups excluding carboxylic acids is 1. The number of carbonyl (C=O) groups is 1. The number of rotatable bonds is 3. The van der Waals surface area contributed by atoms with Gasteiger partial charge >= 0.3 is 6.18 Å². The smallest absolute Gasteiger partial charge is 0.416 e. The van der Waals surface area contributed by atoms with Crippen LogP contribution in [0.5, 0.6) is 5.75 Å². The molecule has 0 saturated carbocycles. The Kier molecular flexibility index (Phi) is 5.56. The van der Waals surface area contributed by atoms with Crippen LogP contribution in [-0.4, -0.2) is 37.0 Å². The second kappa shape index (κ2) is 8.10. The van der Waals surface area contributed by atoms with E-state index in [9.17, 15) is 26.4 Å². The van der Waals surface area contributed by atoms with Gasteiger partial charge in [-0.15, -0.1) is 0 Å². The van der Waals surface area contributed by atoms with Crippen LogP contribution in [-0.2, 0) is 23.2 Å². The lowest BCUT2D eigenvalue weighted by molar-refractivity contribution is -0.137. The quantitative estimate of drug-likeness (QED) is 0.619. The molecule has 12 heteroatoms. The maximum absolute atomic E-state index is 13.4. The summed E-state index contributed by atoms with van der Waals surface area (Å²) in [6, 6.07) is 8.03. The summed E-state index contributed by atoms with van der Waals surface area (Å²) in [5.74, 6) is 0.230. The van der Waals surface area contributed by atoms with Crippen molar-refractivity contribution in [3.63, 3.8) is 0 Å². The van der Waals surface area contributed by atoms with Crippen molar-refractivity contribution >= 4 is 27.3 Å². The number of ether oxygens (including phenoxy) is 1. The predicted octanol–water partition coefficient (Wildman–Crippen LogP) is 3.59. The zero-order chi connectivity index (χ0) is 24.0. The Bertz CT molecular complexity index is 1320. The average Bonchev–Trinajstić information content (AvgIpc) is 3.02. The summed E-state index contributed by atoms with van der Waals surface area (Å²) < 4.78 is 73.5. The fraction of sp³-hybridized carbons (Fsp3) is 0.238. The van der Waals surface area contributed by atoms with Gasteiger partial charge < -0.3 is 14.6 Å².